The molecule has 0 bridgehead atoms. The van der Waals surface area contributed by atoms with Crippen molar-refractivity contribution >= 4 is 23.8 Å². The molecule has 5 nitrogen and oxygen atoms in total. The number of nitrogens with two attached hydrogens (primary N) is 1. The van der Waals surface area contributed by atoms with E-state index in [0.29, 0.717) is 11.8 Å². The lowest BCUT2D eigenvalue weighted by Gasteiger charge is -2.01. The molecule has 0 aliphatic carbocycles. The van der Waals surface area contributed by atoms with E-state index in [1.54, 1.807) is 11.0 Å². The Bertz CT molecular complexity index is 531. The molecule has 2 N–H and O–H groups in total. The van der Waals surface area contributed by atoms with Crippen LogP contribution < -0.4 is 10.6 Å². The lowest BCUT2D eigenvalue weighted by molar-refractivity contribution is 0.410. The zero-order chi connectivity index (χ0) is 12.3. The predicted octanol–water partition coefficient (Wildman–Crippen LogP) is 1.89. The van der Waals surface area contributed by atoms with E-state index >= 15 is 0 Å². The number of nitrogens with zero attached hydrogens (tertiary/aromatic N) is 3. The third kappa shape index (κ3) is 2.84. The van der Waals surface area contributed by atoms with Crippen molar-refractivity contribution < 1.29 is 4.52 Å². The maximum Gasteiger partial charge on any atom is 0.265 e. The summed E-state index contributed by atoms with van der Waals surface area (Å²) in [4.78, 5) is 5.96. The highest BCUT2D eigenvalue weighted by atomic mass is 16.5. The maximum atomic E-state index is 5.68. The van der Waals surface area contributed by atoms with E-state index in [0.717, 1.165) is 11.3 Å². The number of aromatic nitrogens is 2. The van der Waals surface area contributed by atoms with Crippen molar-refractivity contribution in [2.45, 2.75) is 0 Å². The summed E-state index contributed by atoms with van der Waals surface area (Å²) in [6.07, 6.45) is 3.64. The molecule has 0 amide bonds. The average Bonchev–Trinajstić information content (AvgIpc) is 2.75. The van der Waals surface area contributed by atoms with Crippen molar-refractivity contribution in [1.29, 1.82) is 0 Å². The lowest BCUT2D eigenvalue weighted by atomic mass is 10.2. The summed E-state index contributed by atoms with van der Waals surface area (Å²) in [6.45, 7) is 0. The van der Waals surface area contributed by atoms with Crippen LogP contribution in [0.25, 0.3) is 12.2 Å². The van der Waals surface area contributed by atoms with E-state index in [-0.39, 0.29) is 0 Å². The van der Waals surface area contributed by atoms with Gasteiger partial charge in [0.15, 0.2) is 0 Å². The number of rotatable bonds is 3. The Labute approximate surface area is 99.5 Å². The van der Waals surface area contributed by atoms with Gasteiger partial charge in [-0.25, -0.2) is 0 Å². The zero-order valence-electron chi connectivity index (χ0n) is 9.79. The van der Waals surface area contributed by atoms with Crippen molar-refractivity contribution in [3.63, 3.8) is 0 Å². The molecule has 5 heteroatoms. The first-order chi connectivity index (χ1) is 8.15. The van der Waals surface area contributed by atoms with Crippen LogP contribution >= 0.6 is 0 Å². The average molecular weight is 230 g/mol. The minimum Gasteiger partial charge on any atom is -0.399 e. The quantitative estimate of drug-likeness (QED) is 0.815. The molecule has 2 aromatic rings. The number of hydrogen-bond acceptors (Lipinski definition) is 5. The van der Waals surface area contributed by atoms with Gasteiger partial charge in [0.25, 0.3) is 11.8 Å². The Hall–Kier alpha value is -2.30. The van der Waals surface area contributed by atoms with Crippen molar-refractivity contribution in [1.82, 2.24) is 10.1 Å². The SMILES string of the molecule is CN(C)c1noc(/C=C/c2cccc(N)c2)n1. The molecule has 2 rings (SSSR count). The standard InChI is InChI=1S/C12H14N4O/c1-16(2)12-14-11(17-15-12)7-6-9-4-3-5-10(13)8-9/h3-8H,13H2,1-2H3/b7-6+. The van der Waals surface area contributed by atoms with Crippen LogP contribution in [0.15, 0.2) is 28.8 Å². The summed E-state index contributed by atoms with van der Waals surface area (Å²) in [7, 11) is 3.71. The number of benzene rings is 1. The highest BCUT2D eigenvalue weighted by molar-refractivity contribution is 5.68. The summed E-state index contributed by atoms with van der Waals surface area (Å²) in [5, 5.41) is 3.81. The third-order valence-electron chi connectivity index (χ3n) is 2.16. The third-order valence-corrected chi connectivity index (χ3v) is 2.16. The summed E-state index contributed by atoms with van der Waals surface area (Å²) < 4.78 is 5.06. The Kier molecular flexibility index (Phi) is 3.09. The van der Waals surface area contributed by atoms with Gasteiger partial charge in [-0.15, -0.1) is 0 Å². The Morgan fingerprint density at radius 2 is 2.12 bits per heavy atom. The first-order valence-corrected chi connectivity index (χ1v) is 5.20. The minimum absolute atomic E-state index is 0.469. The number of hydrogen-bond donors (Lipinski definition) is 1. The molecule has 0 aliphatic rings. The minimum atomic E-state index is 0.469. The van der Waals surface area contributed by atoms with Crippen molar-refractivity contribution in [3.05, 3.63) is 35.7 Å². The predicted molar refractivity (Wildman–Crippen MR) is 68.4 cm³/mol. The molecule has 0 saturated carbocycles. The first kappa shape index (κ1) is 11.2. The Morgan fingerprint density at radius 1 is 1.29 bits per heavy atom. The molecule has 17 heavy (non-hydrogen) atoms. The van der Waals surface area contributed by atoms with Gasteiger partial charge in [-0.3, -0.25) is 0 Å². The molecule has 0 atom stereocenters. The van der Waals surface area contributed by atoms with E-state index in [1.807, 2.05) is 44.4 Å². The van der Waals surface area contributed by atoms with Crippen LogP contribution in [0.4, 0.5) is 11.6 Å². The zero-order valence-corrected chi connectivity index (χ0v) is 9.79. The summed E-state index contributed by atoms with van der Waals surface area (Å²) in [5.41, 5.74) is 7.40. The fourth-order valence-corrected chi connectivity index (χ4v) is 1.31. The van der Waals surface area contributed by atoms with E-state index in [4.69, 9.17) is 10.3 Å². The molecule has 0 spiro atoms. The number of anilines is 2. The van der Waals surface area contributed by atoms with Gasteiger partial charge in [0.1, 0.15) is 0 Å². The largest absolute Gasteiger partial charge is 0.399 e. The molecule has 0 saturated heterocycles. The Morgan fingerprint density at radius 3 is 2.76 bits per heavy atom. The maximum absolute atomic E-state index is 5.68. The highest BCUT2D eigenvalue weighted by Crippen LogP contribution is 2.12. The van der Waals surface area contributed by atoms with Crippen LogP contribution in [0.3, 0.4) is 0 Å². The van der Waals surface area contributed by atoms with E-state index in [2.05, 4.69) is 10.1 Å². The monoisotopic (exact) mass is 230 g/mol. The van der Waals surface area contributed by atoms with Gasteiger partial charge in [0, 0.05) is 25.9 Å². The van der Waals surface area contributed by atoms with Crippen LogP contribution in [-0.4, -0.2) is 24.2 Å². The molecule has 0 fully saturated rings. The molecule has 1 aromatic heterocycles. The van der Waals surface area contributed by atoms with E-state index < -0.39 is 0 Å². The van der Waals surface area contributed by atoms with Crippen LogP contribution in [0.2, 0.25) is 0 Å². The second kappa shape index (κ2) is 4.69. The van der Waals surface area contributed by atoms with Gasteiger partial charge < -0.3 is 15.2 Å². The molecular formula is C12H14N4O. The summed E-state index contributed by atoms with van der Waals surface area (Å²) in [6, 6.07) is 7.57. The van der Waals surface area contributed by atoms with Gasteiger partial charge in [-0.1, -0.05) is 12.1 Å². The summed E-state index contributed by atoms with van der Waals surface area (Å²) >= 11 is 0. The fourth-order valence-electron chi connectivity index (χ4n) is 1.31. The number of nitrogen functional groups attached to an aromatic ring is 1. The summed E-state index contributed by atoms with van der Waals surface area (Å²) in [5.74, 6) is 1.02. The topological polar surface area (TPSA) is 68.2 Å². The van der Waals surface area contributed by atoms with Crippen molar-refractivity contribution in [2.75, 3.05) is 24.7 Å². The second-order valence-electron chi connectivity index (χ2n) is 3.83. The molecule has 0 radical (unpaired) electrons. The van der Waals surface area contributed by atoms with Gasteiger partial charge in [-0.05, 0) is 28.9 Å². The lowest BCUT2D eigenvalue weighted by Crippen LogP contribution is -2.09. The van der Waals surface area contributed by atoms with E-state index in [1.165, 1.54) is 0 Å². The van der Waals surface area contributed by atoms with Crippen LogP contribution in [0.1, 0.15) is 11.5 Å². The first-order valence-electron chi connectivity index (χ1n) is 5.20. The van der Waals surface area contributed by atoms with E-state index in [9.17, 15) is 0 Å². The molecule has 88 valence electrons. The van der Waals surface area contributed by atoms with Gasteiger partial charge in [-0.2, -0.15) is 4.98 Å². The van der Waals surface area contributed by atoms with Crippen LogP contribution in [0.5, 0.6) is 0 Å². The molecule has 0 aliphatic heterocycles. The van der Waals surface area contributed by atoms with Crippen molar-refractivity contribution in [3.8, 4) is 0 Å². The van der Waals surface area contributed by atoms with Gasteiger partial charge >= 0.3 is 0 Å². The van der Waals surface area contributed by atoms with Crippen LogP contribution in [0, 0.1) is 0 Å². The van der Waals surface area contributed by atoms with Gasteiger partial charge in [0.2, 0.25) is 0 Å². The smallest absolute Gasteiger partial charge is 0.265 e. The normalized spacial score (nSPS) is 10.9. The molecule has 1 aromatic carbocycles. The van der Waals surface area contributed by atoms with Gasteiger partial charge in [0.05, 0.1) is 0 Å². The second-order valence-corrected chi connectivity index (χ2v) is 3.83. The fraction of sp³-hybridized carbons (Fsp3) is 0.167. The molecule has 1 heterocycles. The van der Waals surface area contributed by atoms with Crippen LogP contribution in [-0.2, 0) is 0 Å². The molecular weight excluding hydrogens is 216 g/mol. The van der Waals surface area contributed by atoms with Crippen molar-refractivity contribution in [2.24, 2.45) is 0 Å². The molecule has 0 unspecified atom stereocenters. The Balaban J connectivity index is 2.14. The highest BCUT2D eigenvalue weighted by Gasteiger charge is 2.03.